The number of nitrogens with zero attached hydrogens (tertiary/aromatic N) is 1. The lowest BCUT2D eigenvalue weighted by molar-refractivity contribution is 0.169. The molecule has 1 heterocycles. The Morgan fingerprint density at radius 2 is 1.86 bits per heavy atom. The fourth-order valence-electron chi connectivity index (χ4n) is 3.21. The minimum absolute atomic E-state index is 0.464. The molecule has 0 N–H and O–H groups in total. The zero-order chi connectivity index (χ0) is 14.9. The summed E-state index contributed by atoms with van der Waals surface area (Å²) in [5, 5.41) is 9.74. The minimum Gasteiger partial charge on any atom is -0.492 e. The van der Waals surface area contributed by atoms with Gasteiger partial charge in [-0.2, -0.15) is 5.26 Å². The largest absolute Gasteiger partial charge is 0.492 e. The lowest BCUT2D eigenvalue weighted by Gasteiger charge is -2.32. The van der Waals surface area contributed by atoms with Crippen molar-refractivity contribution in [2.75, 3.05) is 6.61 Å². The van der Waals surface area contributed by atoms with Gasteiger partial charge < -0.3 is 4.74 Å². The van der Waals surface area contributed by atoms with Gasteiger partial charge >= 0.3 is 0 Å². The van der Waals surface area contributed by atoms with E-state index in [9.17, 15) is 5.26 Å². The van der Waals surface area contributed by atoms with E-state index < -0.39 is 5.41 Å². The van der Waals surface area contributed by atoms with Crippen LogP contribution in [0.2, 0.25) is 0 Å². The third-order valence-electron chi connectivity index (χ3n) is 4.07. The van der Waals surface area contributed by atoms with Crippen LogP contribution in [-0.4, -0.2) is 6.61 Å². The highest BCUT2D eigenvalue weighted by Gasteiger charge is 2.36. The summed E-state index contributed by atoms with van der Waals surface area (Å²) in [6.07, 6.45) is 1.49. The molecular formula is C19H19NO. The molecule has 0 spiro atoms. The van der Waals surface area contributed by atoms with Gasteiger partial charge in [0.05, 0.1) is 11.5 Å². The first kappa shape index (κ1) is 13.7. The highest BCUT2D eigenvalue weighted by Crippen LogP contribution is 2.36. The average Bonchev–Trinajstić information content (AvgIpc) is 2.46. The number of nitriles is 1. The quantitative estimate of drug-likeness (QED) is 0.831. The van der Waals surface area contributed by atoms with Crippen molar-refractivity contribution < 1.29 is 4.74 Å². The van der Waals surface area contributed by atoms with E-state index in [2.05, 4.69) is 44.2 Å². The molecule has 1 aliphatic heterocycles. The topological polar surface area (TPSA) is 33.0 Å². The maximum Gasteiger partial charge on any atom is 0.122 e. The van der Waals surface area contributed by atoms with Crippen molar-refractivity contribution in [3.63, 3.8) is 0 Å². The second-order valence-electron chi connectivity index (χ2n) is 6.14. The van der Waals surface area contributed by atoms with Gasteiger partial charge in [-0.05, 0) is 43.9 Å². The van der Waals surface area contributed by atoms with Gasteiger partial charge in [-0.1, -0.05) is 47.5 Å². The van der Waals surface area contributed by atoms with Gasteiger partial charge in [0.15, 0.2) is 0 Å². The molecule has 1 aliphatic rings. The Labute approximate surface area is 126 Å². The van der Waals surface area contributed by atoms with Gasteiger partial charge in [-0.3, -0.25) is 0 Å². The standard InChI is InChI=1S/C19H19NO/c1-14-7-15(2)9-16(8-14)10-19(12-20)11-17-5-3-4-6-18(17)21-13-19/h3-9H,10-11,13H2,1-2H3. The first-order valence-corrected chi connectivity index (χ1v) is 7.29. The summed E-state index contributed by atoms with van der Waals surface area (Å²) in [5.74, 6) is 0.920. The van der Waals surface area contributed by atoms with Crippen molar-refractivity contribution in [3.8, 4) is 11.8 Å². The Morgan fingerprint density at radius 3 is 2.57 bits per heavy atom. The molecule has 2 heteroatoms. The van der Waals surface area contributed by atoms with E-state index in [0.29, 0.717) is 6.61 Å². The third-order valence-corrected chi connectivity index (χ3v) is 4.07. The van der Waals surface area contributed by atoms with Crippen LogP contribution >= 0.6 is 0 Å². The number of ether oxygens (including phenoxy) is 1. The Morgan fingerprint density at radius 1 is 1.14 bits per heavy atom. The summed E-state index contributed by atoms with van der Waals surface area (Å²) in [6, 6.07) is 17.0. The summed E-state index contributed by atoms with van der Waals surface area (Å²) in [6.45, 7) is 4.66. The van der Waals surface area contributed by atoms with E-state index in [0.717, 1.165) is 24.2 Å². The van der Waals surface area contributed by atoms with E-state index in [-0.39, 0.29) is 0 Å². The lowest BCUT2D eigenvalue weighted by Crippen LogP contribution is -2.35. The molecule has 0 aliphatic carbocycles. The molecule has 2 aromatic carbocycles. The molecule has 0 saturated carbocycles. The third kappa shape index (κ3) is 2.78. The molecule has 0 radical (unpaired) electrons. The van der Waals surface area contributed by atoms with Crippen LogP contribution in [0, 0.1) is 30.6 Å². The van der Waals surface area contributed by atoms with Crippen LogP contribution in [0.3, 0.4) is 0 Å². The van der Waals surface area contributed by atoms with Gasteiger partial charge in [-0.15, -0.1) is 0 Å². The van der Waals surface area contributed by atoms with Crippen LogP contribution in [0.1, 0.15) is 22.3 Å². The van der Waals surface area contributed by atoms with E-state index >= 15 is 0 Å². The predicted molar refractivity (Wildman–Crippen MR) is 83.3 cm³/mol. The summed E-state index contributed by atoms with van der Waals surface area (Å²) < 4.78 is 5.84. The first-order valence-electron chi connectivity index (χ1n) is 7.29. The van der Waals surface area contributed by atoms with Crippen molar-refractivity contribution >= 4 is 0 Å². The Balaban J connectivity index is 1.91. The summed E-state index contributed by atoms with van der Waals surface area (Å²) in [7, 11) is 0. The molecule has 0 aromatic heterocycles. The molecule has 1 unspecified atom stereocenters. The summed E-state index contributed by atoms with van der Waals surface area (Å²) >= 11 is 0. The van der Waals surface area contributed by atoms with Gasteiger partial charge in [0.25, 0.3) is 0 Å². The minimum atomic E-state index is -0.464. The molecular weight excluding hydrogens is 258 g/mol. The van der Waals surface area contributed by atoms with Crippen molar-refractivity contribution in [2.45, 2.75) is 26.7 Å². The van der Waals surface area contributed by atoms with Crippen LogP contribution in [0.15, 0.2) is 42.5 Å². The Hall–Kier alpha value is -2.27. The zero-order valence-corrected chi connectivity index (χ0v) is 12.5. The molecule has 106 valence electrons. The molecule has 0 amide bonds. The first-order chi connectivity index (χ1) is 10.1. The van der Waals surface area contributed by atoms with Gasteiger partial charge in [0.1, 0.15) is 12.4 Å². The highest BCUT2D eigenvalue weighted by atomic mass is 16.5. The zero-order valence-electron chi connectivity index (χ0n) is 12.5. The Bertz CT molecular complexity index is 693. The second kappa shape index (κ2) is 5.26. The summed E-state index contributed by atoms with van der Waals surface area (Å²) in [5.41, 5.74) is 4.38. The van der Waals surface area contributed by atoms with Crippen LogP contribution in [0.5, 0.6) is 5.75 Å². The number of rotatable bonds is 2. The summed E-state index contributed by atoms with van der Waals surface area (Å²) in [4.78, 5) is 0. The molecule has 0 fully saturated rings. The molecule has 21 heavy (non-hydrogen) atoms. The van der Waals surface area contributed by atoms with E-state index in [4.69, 9.17) is 4.74 Å². The molecule has 1 atom stereocenters. The molecule has 0 saturated heterocycles. The van der Waals surface area contributed by atoms with E-state index in [1.54, 1.807) is 0 Å². The van der Waals surface area contributed by atoms with Crippen LogP contribution in [0.4, 0.5) is 0 Å². The molecule has 2 nitrogen and oxygen atoms in total. The number of benzene rings is 2. The predicted octanol–water partition coefficient (Wildman–Crippen LogP) is 3.99. The fraction of sp³-hybridized carbons (Fsp3) is 0.316. The lowest BCUT2D eigenvalue weighted by atomic mass is 9.76. The molecule has 2 aromatic rings. The van der Waals surface area contributed by atoms with Crippen molar-refractivity contribution in [2.24, 2.45) is 5.41 Å². The smallest absolute Gasteiger partial charge is 0.122 e. The normalized spacial score (nSPS) is 20.2. The number of para-hydroxylation sites is 1. The SMILES string of the molecule is Cc1cc(C)cc(CC2(C#N)COc3ccccc3C2)c1. The van der Waals surface area contributed by atoms with Crippen LogP contribution < -0.4 is 4.74 Å². The molecule has 0 bridgehead atoms. The second-order valence-corrected chi connectivity index (χ2v) is 6.14. The highest BCUT2D eigenvalue weighted by molar-refractivity contribution is 5.39. The van der Waals surface area contributed by atoms with E-state index in [1.807, 2.05) is 18.2 Å². The maximum absolute atomic E-state index is 9.74. The van der Waals surface area contributed by atoms with Crippen molar-refractivity contribution in [3.05, 3.63) is 64.7 Å². The van der Waals surface area contributed by atoms with Gasteiger partial charge in [-0.25, -0.2) is 0 Å². The number of fused-ring (bicyclic) bond motifs is 1. The van der Waals surface area contributed by atoms with Crippen molar-refractivity contribution in [1.29, 1.82) is 5.26 Å². The monoisotopic (exact) mass is 277 g/mol. The Kier molecular flexibility index (Phi) is 3.43. The molecule has 3 rings (SSSR count). The fourth-order valence-corrected chi connectivity index (χ4v) is 3.21. The van der Waals surface area contributed by atoms with E-state index in [1.165, 1.54) is 16.7 Å². The van der Waals surface area contributed by atoms with Gasteiger partial charge in [0, 0.05) is 0 Å². The van der Waals surface area contributed by atoms with Crippen LogP contribution in [0.25, 0.3) is 0 Å². The van der Waals surface area contributed by atoms with Crippen LogP contribution in [-0.2, 0) is 12.8 Å². The number of hydrogen-bond acceptors (Lipinski definition) is 2. The number of hydrogen-bond donors (Lipinski definition) is 0. The maximum atomic E-state index is 9.74. The van der Waals surface area contributed by atoms with Gasteiger partial charge in [0.2, 0.25) is 0 Å². The average molecular weight is 277 g/mol. The number of aryl methyl sites for hydroxylation is 2. The van der Waals surface area contributed by atoms with Crippen molar-refractivity contribution in [1.82, 2.24) is 0 Å².